The third kappa shape index (κ3) is 5.36. The number of rotatable bonds is 4. The first-order valence-electron chi connectivity index (χ1n) is 7.61. The quantitative estimate of drug-likeness (QED) is 0.771. The summed E-state index contributed by atoms with van der Waals surface area (Å²) in [7, 11) is 2.33. The van der Waals surface area contributed by atoms with Gasteiger partial charge in [0.25, 0.3) is 0 Å². The zero-order chi connectivity index (χ0) is 14.4. The summed E-state index contributed by atoms with van der Waals surface area (Å²) in [6.07, 6.45) is 5.38. The zero-order valence-electron chi connectivity index (χ0n) is 13.3. The number of hydrogen-bond donors (Lipinski definition) is 0. The van der Waals surface area contributed by atoms with Crippen molar-refractivity contribution < 1.29 is 41.9 Å². The normalized spacial score (nSPS) is 17.2. The third-order valence-electron chi connectivity index (χ3n) is 4.36. The predicted molar refractivity (Wildman–Crippen MR) is 80.6 cm³/mol. The van der Waals surface area contributed by atoms with Gasteiger partial charge in [-0.25, -0.2) is 0 Å². The van der Waals surface area contributed by atoms with E-state index in [4.69, 9.17) is 10.00 Å². The number of hydrogen-bond acceptors (Lipinski definition) is 2. The van der Waals surface area contributed by atoms with Gasteiger partial charge in [-0.05, 0) is 44.2 Å². The average molecular weight is 362 g/mol. The molecule has 1 saturated heterocycles. The van der Waals surface area contributed by atoms with E-state index in [9.17, 15) is 0 Å². The van der Waals surface area contributed by atoms with Crippen molar-refractivity contribution in [2.45, 2.75) is 32.6 Å². The predicted octanol–water partition coefficient (Wildman–Crippen LogP) is 3.26. The number of likely N-dealkylation sites (tertiary alicyclic amines) is 1. The van der Waals surface area contributed by atoms with Crippen molar-refractivity contribution in [1.29, 1.82) is 5.26 Å². The van der Waals surface area contributed by atoms with Gasteiger partial charge in [0.15, 0.2) is 0 Å². The van der Waals surface area contributed by atoms with E-state index >= 15 is 0 Å². The third-order valence-corrected chi connectivity index (χ3v) is 4.36. The second kappa shape index (κ2) is 8.88. The van der Waals surface area contributed by atoms with Crippen LogP contribution in [0, 0.1) is 18.3 Å². The first kappa shape index (κ1) is 18.6. The first-order chi connectivity index (χ1) is 9.64. The molecule has 2 rings (SSSR count). The van der Waals surface area contributed by atoms with Crippen LogP contribution >= 0.6 is 0 Å². The van der Waals surface area contributed by atoms with Gasteiger partial charge in [-0.2, -0.15) is 5.26 Å². The fraction of sp³-hybridized carbons (Fsp3) is 0.588. The molecule has 0 N–H and O–H groups in total. The van der Waals surface area contributed by atoms with Crippen molar-refractivity contribution in [3.05, 3.63) is 29.3 Å². The van der Waals surface area contributed by atoms with Crippen LogP contribution in [0.15, 0.2) is 18.2 Å². The molecule has 1 aliphatic heterocycles. The van der Waals surface area contributed by atoms with Crippen molar-refractivity contribution in [1.82, 2.24) is 0 Å². The summed E-state index contributed by atoms with van der Waals surface area (Å²) in [5.41, 5.74) is 1.69. The number of benzene rings is 1. The minimum atomic E-state index is 0. The summed E-state index contributed by atoms with van der Waals surface area (Å²) in [4.78, 5) is 0. The van der Waals surface area contributed by atoms with Gasteiger partial charge in [-0.3, -0.25) is 0 Å². The molecule has 0 bridgehead atoms. The van der Waals surface area contributed by atoms with Crippen molar-refractivity contribution in [3.8, 4) is 11.8 Å². The van der Waals surface area contributed by atoms with E-state index in [1.54, 1.807) is 0 Å². The van der Waals surface area contributed by atoms with Crippen LogP contribution in [-0.2, 0) is 32.7 Å². The Morgan fingerprint density at radius 2 is 1.86 bits per heavy atom. The molecule has 1 heterocycles. The van der Waals surface area contributed by atoms with E-state index in [0.717, 1.165) is 22.3 Å². The van der Waals surface area contributed by atoms with Crippen LogP contribution in [0.25, 0.3) is 0 Å². The number of ether oxygens (including phenoxy) is 1. The Hall–Kier alpha value is -0.426. The fourth-order valence-corrected chi connectivity index (χ4v) is 2.98. The smallest absolute Gasteiger partial charge is 0.140 e. The van der Waals surface area contributed by atoms with E-state index in [1.165, 1.54) is 38.8 Å². The van der Waals surface area contributed by atoms with Gasteiger partial charge in [-0.15, -0.1) is 0 Å². The molecule has 0 atom stereocenters. The van der Waals surface area contributed by atoms with Crippen molar-refractivity contribution in [2.24, 2.45) is 0 Å². The molecule has 1 radical (unpaired) electrons. The minimum absolute atomic E-state index is 0. The Morgan fingerprint density at radius 3 is 2.48 bits per heavy atom. The summed E-state index contributed by atoms with van der Waals surface area (Å²) in [6, 6.07) is 7.94. The van der Waals surface area contributed by atoms with Gasteiger partial charge in [0.05, 0.1) is 25.7 Å². The molecule has 0 saturated carbocycles. The molecular formula is C17H25N2OY+. The fourth-order valence-electron chi connectivity index (χ4n) is 2.98. The van der Waals surface area contributed by atoms with E-state index in [0.29, 0.717) is 12.2 Å². The maximum Gasteiger partial charge on any atom is 0.140 e. The Labute approximate surface area is 153 Å². The second-order valence-electron chi connectivity index (χ2n) is 6.12. The Morgan fingerprint density at radius 1 is 1.19 bits per heavy atom. The van der Waals surface area contributed by atoms with E-state index in [-0.39, 0.29) is 32.7 Å². The van der Waals surface area contributed by atoms with Crippen molar-refractivity contribution >= 4 is 0 Å². The van der Waals surface area contributed by atoms with E-state index in [2.05, 4.69) is 13.1 Å². The van der Waals surface area contributed by atoms with Gasteiger partial charge in [0.1, 0.15) is 25.0 Å². The average Bonchev–Trinajstić information content (AvgIpc) is 2.65. The van der Waals surface area contributed by atoms with Crippen LogP contribution in [0.4, 0.5) is 0 Å². The van der Waals surface area contributed by atoms with Crippen LogP contribution in [0.1, 0.15) is 36.8 Å². The molecule has 21 heavy (non-hydrogen) atoms. The van der Waals surface area contributed by atoms with Gasteiger partial charge in [-0.1, -0.05) is 12.1 Å². The van der Waals surface area contributed by atoms with Crippen LogP contribution in [0.2, 0.25) is 0 Å². The second-order valence-corrected chi connectivity index (χ2v) is 6.12. The standard InChI is InChI=1S/C17H25N2O.Y/c1-15-8-7-9-16(14-18)17(15)20-13-12-19(2)10-5-3-4-6-11-19;/h7-9H,3-6,10-13H2,1-2H3;/q+1;. The number of nitriles is 1. The zero-order valence-corrected chi connectivity index (χ0v) is 16.1. The molecule has 0 spiro atoms. The first-order valence-corrected chi connectivity index (χ1v) is 7.61. The molecule has 3 nitrogen and oxygen atoms in total. The summed E-state index contributed by atoms with van der Waals surface area (Å²) >= 11 is 0. The van der Waals surface area contributed by atoms with Gasteiger partial charge in [0, 0.05) is 32.7 Å². The molecule has 1 aliphatic rings. The summed E-state index contributed by atoms with van der Waals surface area (Å²) in [5.74, 6) is 0.761. The SMILES string of the molecule is Cc1cccc(C#N)c1OCC[N+]1(C)CCCCCC1.[Y]. The Balaban J connectivity index is 0.00000220. The monoisotopic (exact) mass is 362 g/mol. The number of nitrogens with zero attached hydrogens (tertiary/aromatic N) is 2. The van der Waals surface area contributed by atoms with Crippen LogP contribution < -0.4 is 4.74 Å². The van der Waals surface area contributed by atoms with Gasteiger partial charge in [0.2, 0.25) is 0 Å². The Bertz CT molecular complexity index is 488. The van der Waals surface area contributed by atoms with Crippen molar-refractivity contribution in [2.75, 3.05) is 33.3 Å². The Kier molecular flexibility index (Phi) is 7.88. The maximum atomic E-state index is 9.14. The van der Waals surface area contributed by atoms with E-state index in [1.807, 2.05) is 25.1 Å². The number of para-hydroxylation sites is 1. The molecule has 0 aliphatic carbocycles. The number of quaternary nitrogens is 1. The molecule has 0 unspecified atom stereocenters. The molecular weight excluding hydrogens is 337 g/mol. The molecule has 4 heteroatoms. The molecule has 0 aromatic heterocycles. The van der Waals surface area contributed by atoms with Gasteiger partial charge < -0.3 is 9.22 Å². The maximum absolute atomic E-state index is 9.14. The topological polar surface area (TPSA) is 33.0 Å². The molecule has 0 amide bonds. The molecule has 1 aromatic carbocycles. The summed E-state index contributed by atoms with van der Waals surface area (Å²) in [6.45, 7) is 6.22. The van der Waals surface area contributed by atoms with Gasteiger partial charge >= 0.3 is 0 Å². The van der Waals surface area contributed by atoms with Crippen molar-refractivity contribution in [3.63, 3.8) is 0 Å². The van der Waals surface area contributed by atoms with Crippen LogP contribution in [-0.4, -0.2) is 37.8 Å². The molecule has 111 valence electrons. The van der Waals surface area contributed by atoms with Crippen LogP contribution in [0.5, 0.6) is 5.75 Å². The number of likely N-dealkylation sites (N-methyl/N-ethyl adjacent to an activating group) is 1. The minimum Gasteiger partial charge on any atom is -0.486 e. The summed E-state index contributed by atoms with van der Waals surface area (Å²) < 4.78 is 7.03. The van der Waals surface area contributed by atoms with E-state index < -0.39 is 0 Å². The summed E-state index contributed by atoms with van der Waals surface area (Å²) in [5, 5.41) is 9.14. The van der Waals surface area contributed by atoms with Crippen LogP contribution in [0.3, 0.4) is 0 Å². The number of aryl methyl sites for hydroxylation is 1. The molecule has 1 fully saturated rings. The molecule has 1 aromatic rings. The largest absolute Gasteiger partial charge is 0.486 e.